The van der Waals surface area contributed by atoms with Crippen molar-refractivity contribution in [3.8, 4) is 5.75 Å². The number of hydrogen-bond donors (Lipinski definition) is 0. The van der Waals surface area contributed by atoms with Gasteiger partial charge in [-0.05, 0) is 35.9 Å². The van der Waals surface area contributed by atoms with Crippen molar-refractivity contribution in [3.63, 3.8) is 0 Å². The molecule has 0 aliphatic rings. The third-order valence-corrected chi connectivity index (χ3v) is 3.71. The zero-order chi connectivity index (χ0) is 14.0. The molecule has 100 valence electrons. The van der Waals surface area contributed by atoms with Crippen molar-refractivity contribution in [2.75, 3.05) is 7.11 Å². The van der Waals surface area contributed by atoms with Gasteiger partial charge in [-0.25, -0.2) is 4.39 Å². The quantitative estimate of drug-likeness (QED) is 0.682. The minimum atomic E-state index is -0.522. The lowest BCUT2D eigenvalue weighted by atomic mass is 10.0. The van der Waals surface area contributed by atoms with Crippen molar-refractivity contribution in [3.05, 3.63) is 63.4 Å². The number of ether oxygens (including phenoxy) is 1. The molecule has 0 saturated carbocycles. The van der Waals surface area contributed by atoms with E-state index >= 15 is 0 Å². The van der Waals surface area contributed by atoms with Gasteiger partial charge in [-0.15, -0.1) is 11.6 Å². The summed E-state index contributed by atoms with van der Waals surface area (Å²) in [6, 6.07) is 9.52. The van der Waals surface area contributed by atoms with E-state index in [9.17, 15) is 4.39 Å². The van der Waals surface area contributed by atoms with Crippen LogP contribution >= 0.6 is 34.8 Å². The van der Waals surface area contributed by atoms with Gasteiger partial charge < -0.3 is 4.74 Å². The lowest BCUT2D eigenvalue weighted by Crippen LogP contribution is -1.98. The Morgan fingerprint density at radius 1 is 1.11 bits per heavy atom. The van der Waals surface area contributed by atoms with Gasteiger partial charge in [0.25, 0.3) is 0 Å². The van der Waals surface area contributed by atoms with Crippen LogP contribution in [0.25, 0.3) is 0 Å². The first-order valence-corrected chi connectivity index (χ1v) is 6.64. The van der Waals surface area contributed by atoms with Crippen molar-refractivity contribution in [2.24, 2.45) is 0 Å². The number of benzene rings is 2. The van der Waals surface area contributed by atoms with Gasteiger partial charge in [-0.1, -0.05) is 29.3 Å². The van der Waals surface area contributed by atoms with Crippen LogP contribution in [0.5, 0.6) is 5.75 Å². The first-order valence-electron chi connectivity index (χ1n) is 5.45. The largest absolute Gasteiger partial charge is 0.496 e. The molecule has 0 heterocycles. The van der Waals surface area contributed by atoms with Crippen molar-refractivity contribution in [1.29, 1.82) is 0 Å². The monoisotopic (exact) mass is 318 g/mol. The van der Waals surface area contributed by atoms with Gasteiger partial charge in [0.05, 0.1) is 17.5 Å². The van der Waals surface area contributed by atoms with Gasteiger partial charge in [-0.2, -0.15) is 0 Å². The number of methoxy groups -OCH3 is 1. The first kappa shape index (κ1) is 14.4. The minimum absolute atomic E-state index is 0.0316. The maximum atomic E-state index is 13.2. The highest BCUT2D eigenvalue weighted by Crippen LogP contribution is 2.37. The Kier molecular flexibility index (Phi) is 4.56. The molecule has 0 N–H and O–H groups in total. The molecule has 0 radical (unpaired) electrons. The van der Waals surface area contributed by atoms with Crippen LogP contribution in [0.15, 0.2) is 36.4 Å². The molecule has 0 aliphatic heterocycles. The van der Waals surface area contributed by atoms with Crippen molar-refractivity contribution < 1.29 is 9.13 Å². The molecule has 2 aromatic rings. The summed E-state index contributed by atoms with van der Waals surface area (Å²) in [5, 5.41) is 0.0607. The lowest BCUT2D eigenvalue weighted by Gasteiger charge is -2.15. The molecule has 0 spiro atoms. The van der Waals surface area contributed by atoms with Crippen molar-refractivity contribution in [1.82, 2.24) is 0 Å². The molecule has 19 heavy (non-hydrogen) atoms. The van der Waals surface area contributed by atoms with Crippen LogP contribution in [-0.4, -0.2) is 7.11 Å². The fourth-order valence-electron chi connectivity index (χ4n) is 1.75. The van der Waals surface area contributed by atoms with Crippen LogP contribution in [-0.2, 0) is 0 Å². The summed E-state index contributed by atoms with van der Waals surface area (Å²) in [6.45, 7) is 0. The average Bonchev–Trinajstić information content (AvgIpc) is 2.41. The second-order valence-electron chi connectivity index (χ2n) is 3.92. The Morgan fingerprint density at radius 2 is 1.84 bits per heavy atom. The van der Waals surface area contributed by atoms with E-state index in [1.54, 1.807) is 31.4 Å². The topological polar surface area (TPSA) is 9.23 Å². The van der Waals surface area contributed by atoms with Gasteiger partial charge in [0.2, 0.25) is 0 Å². The van der Waals surface area contributed by atoms with E-state index < -0.39 is 11.2 Å². The SMILES string of the molecule is COc1ccc(Cl)cc1C(Cl)c1ccc(F)c(Cl)c1. The normalized spacial score (nSPS) is 12.3. The van der Waals surface area contributed by atoms with Gasteiger partial charge in [0, 0.05) is 10.6 Å². The maximum Gasteiger partial charge on any atom is 0.141 e. The maximum absolute atomic E-state index is 13.2. The Hall–Kier alpha value is -0.960. The molecular formula is C14H10Cl3FO. The van der Waals surface area contributed by atoms with E-state index in [1.807, 2.05) is 0 Å². The second-order valence-corrected chi connectivity index (χ2v) is 5.20. The van der Waals surface area contributed by atoms with Gasteiger partial charge in [0.1, 0.15) is 11.6 Å². The van der Waals surface area contributed by atoms with Gasteiger partial charge in [0.15, 0.2) is 0 Å². The van der Waals surface area contributed by atoms with Gasteiger partial charge >= 0.3 is 0 Å². The van der Waals surface area contributed by atoms with Crippen LogP contribution in [0.3, 0.4) is 0 Å². The predicted octanol–water partition coefficient (Wildman–Crippen LogP) is 5.47. The van der Waals surface area contributed by atoms with E-state index in [1.165, 1.54) is 12.1 Å². The van der Waals surface area contributed by atoms with Crippen LogP contribution in [0.1, 0.15) is 16.5 Å². The summed E-state index contributed by atoms with van der Waals surface area (Å²) >= 11 is 18.1. The summed E-state index contributed by atoms with van der Waals surface area (Å²) in [6.07, 6.45) is 0. The number of rotatable bonds is 3. The predicted molar refractivity (Wildman–Crippen MR) is 77.1 cm³/mol. The summed E-state index contributed by atoms with van der Waals surface area (Å²) in [4.78, 5) is 0. The van der Waals surface area contributed by atoms with Crippen molar-refractivity contribution >= 4 is 34.8 Å². The zero-order valence-electron chi connectivity index (χ0n) is 9.96. The molecule has 1 unspecified atom stereocenters. The van der Waals surface area contributed by atoms with Crippen LogP contribution in [0, 0.1) is 5.82 Å². The smallest absolute Gasteiger partial charge is 0.141 e. The number of hydrogen-bond acceptors (Lipinski definition) is 1. The minimum Gasteiger partial charge on any atom is -0.496 e. The highest BCUT2D eigenvalue weighted by atomic mass is 35.5. The molecule has 0 fully saturated rings. The van der Waals surface area contributed by atoms with E-state index in [-0.39, 0.29) is 5.02 Å². The summed E-state index contributed by atoms with van der Waals surface area (Å²) < 4.78 is 18.4. The molecular weight excluding hydrogens is 310 g/mol. The summed E-state index contributed by atoms with van der Waals surface area (Å²) in [5.41, 5.74) is 1.38. The second kappa shape index (κ2) is 6.00. The van der Waals surface area contributed by atoms with E-state index in [0.29, 0.717) is 21.9 Å². The lowest BCUT2D eigenvalue weighted by molar-refractivity contribution is 0.410. The Morgan fingerprint density at radius 3 is 2.47 bits per heavy atom. The molecule has 0 aliphatic carbocycles. The fraction of sp³-hybridized carbons (Fsp3) is 0.143. The Labute approximate surface area is 125 Å². The third kappa shape index (κ3) is 3.14. The van der Waals surface area contributed by atoms with Crippen LogP contribution in [0.2, 0.25) is 10.0 Å². The molecule has 1 nitrogen and oxygen atoms in total. The highest BCUT2D eigenvalue weighted by molar-refractivity contribution is 6.31. The number of alkyl halides is 1. The van der Waals surface area contributed by atoms with E-state index in [4.69, 9.17) is 39.5 Å². The Bertz CT molecular complexity index is 601. The molecule has 2 rings (SSSR count). The molecule has 2 aromatic carbocycles. The molecule has 0 saturated heterocycles. The van der Waals surface area contributed by atoms with Gasteiger partial charge in [-0.3, -0.25) is 0 Å². The zero-order valence-corrected chi connectivity index (χ0v) is 12.2. The first-order chi connectivity index (χ1) is 9.02. The van der Waals surface area contributed by atoms with Crippen molar-refractivity contribution in [2.45, 2.75) is 5.38 Å². The van der Waals surface area contributed by atoms with E-state index in [2.05, 4.69) is 0 Å². The number of halogens is 4. The molecule has 0 aromatic heterocycles. The summed E-state index contributed by atoms with van der Waals surface area (Å²) in [5.74, 6) is 0.136. The fourth-order valence-corrected chi connectivity index (χ4v) is 2.43. The standard InChI is InChI=1S/C14H10Cl3FO/c1-19-13-5-3-9(15)7-10(13)14(17)8-2-4-12(18)11(16)6-8/h2-7,14H,1H3. The van der Waals surface area contributed by atoms with Crippen LogP contribution < -0.4 is 4.74 Å². The molecule has 0 amide bonds. The summed E-state index contributed by atoms with van der Waals surface area (Å²) in [7, 11) is 1.55. The molecule has 0 bridgehead atoms. The highest BCUT2D eigenvalue weighted by Gasteiger charge is 2.17. The molecule has 5 heteroatoms. The third-order valence-electron chi connectivity index (χ3n) is 2.70. The average molecular weight is 320 g/mol. The Balaban J connectivity index is 2.45. The van der Waals surface area contributed by atoms with Crippen LogP contribution in [0.4, 0.5) is 4.39 Å². The van der Waals surface area contributed by atoms with E-state index in [0.717, 1.165) is 0 Å². The molecule has 1 atom stereocenters.